The molecule has 182 valence electrons. The summed E-state index contributed by atoms with van der Waals surface area (Å²) < 4.78 is 5.69. The van der Waals surface area contributed by atoms with Crippen LogP contribution >= 0.6 is 0 Å². The van der Waals surface area contributed by atoms with Crippen molar-refractivity contribution in [3.63, 3.8) is 0 Å². The molecule has 3 aromatic rings. The van der Waals surface area contributed by atoms with Gasteiger partial charge in [-0.25, -0.2) is 0 Å². The number of hydrogen-bond donors (Lipinski definition) is 2. The maximum Gasteiger partial charge on any atom is 0.249 e. The van der Waals surface area contributed by atoms with Crippen molar-refractivity contribution < 1.29 is 19.1 Å². The van der Waals surface area contributed by atoms with Gasteiger partial charge in [-0.05, 0) is 68.3 Å². The largest absolute Gasteiger partial charge is 0.496 e. The second-order valence-corrected chi connectivity index (χ2v) is 8.87. The Labute approximate surface area is 205 Å². The highest BCUT2D eigenvalue weighted by molar-refractivity contribution is 6.08. The molecule has 0 spiro atoms. The smallest absolute Gasteiger partial charge is 0.249 e. The Morgan fingerprint density at radius 3 is 2.57 bits per heavy atom. The normalized spacial score (nSPS) is 16.4. The summed E-state index contributed by atoms with van der Waals surface area (Å²) in [5.41, 5.74) is 3.30. The van der Waals surface area contributed by atoms with Crippen LogP contribution in [-0.2, 0) is 22.6 Å². The molecular weight excluding hydrogens is 442 g/mol. The third-order valence-corrected chi connectivity index (χ3v) is 6.74. The fraction of sp³-hybridized carbons (Fsp3) is 0.321. The predicted octanol–water partition coefficient (Wildman–Crippen LogP) is 3.62. The van der Waals surface area contributed by atoms with Gasteiger partial charge in [-0.3, -0.25) is 14.4 Å². The number of ether oxygens (including phenoxy) is 1. The average Bonchev–Trinajstić information content (AvgIpc) is 3.00. The number of carbonyl (C=O) groups excluding carboxylic acids is 3. The highest BCUT2D eigenvalue weighted by Crippen LogP contribution is 2.35. The van der Waals surface area contributed by atoms with Gasteiger partial charge < -0.3 is 20.3 Å². The summed E-state index contributed by atoms with van der Waals surface area (Å²) in [6.45, 7) is 3.55. The molecule has 1 aliphatic heterocycles. The Morgan fingerprint density at radius 2 is 1.86 bits per heavy atom. The van der Waals surface area contributed by atoms with Crippen LogP contribution in [0.15, 0.2) is 54.6 Å². The van der Waals surface area contributed by atoms with Gasteiger partial charge in [-0.1, -0.05) is 36.4 Å². The number of methoxy groups -OCH3 is 1. The lowest BCUT2D eigenvalue weighted by atomic mass is 9.97. The molecule has 3 aromatic carbocycles. The number of amides is 2. The van der Waals surface area contributed by atoms with Crippen LogP contribution < -0.4 is 20.3 Å². The zero-order valence-corrected chi connectivity index (χ0v) is 20.6. The Bertz CT molecular complexity index is 1290. The maximum absolute atomic E-state index is 13.9. The molecular formula is C28H31N3O4. The van der Waals surface area contributed by atoms with E-state index in [1.165, 1.54) is 0 Å². The van der Waals surface area contributed by atoms with Gasteiger partial charge in [0.15, 0.2) is 5.78 Å². The summed E-state index contributed by atoms with van der Waals surface area (Å²) in [6.07, 6.45) is 1.17. The number of benzene rings is 3. The molecule has 0 saturated heterocycles. The number of Topliss-reactive ketones (excluding diaryl/α,β-unsaturated/α-hetero) is 1. The summed E-state index contributed by atoms with van der Waals surface area (Å²) in [5.74, 6) is 0.223. The molecule has 1 aliphatic rings. The number of likely N-dealkylation sites (N-methyl/N-ethyl adjacent to an activating group) is 1. The third kappa shape index (κ3) is 4.77. The van der Waals surface area contributed by atoms with Gasteiger partial charge in [0.1, 0.15) is 11.8 Å². The Balaban J connectivity index is 1.81. The molecule has 7 heteroatoms. The summed E-state index contributed by atoms with van der Waals surface area (Å²) in [4.78, 5) is 40.5. The van der Waals surface area contributed by atoms with E-state index >= 15 is 0 Å². The summed E-state index contributed by atoms with van der Waals surface area (Å²) in [6, 6.07) is 16.1. The van der Waals surface area contributed by atoms with E-state index in [9.17, 15) is 14.4 Å². The first-order valence-electron chi connectivity index (χ1n) is 11.8. The fourth-order valence-electron chi connectivity index (χ4n) is 4.66. The maximum atomic E-state index is 13.9. The number of fused-ring (bicyclic) bond motifs is 2. The van der Waals surface area contributed by atoms with Crippen molar-refractivity contribution in [1.82, 2.24) is 10.6 Å². The van der Waals surface area contributed by atoms with Crippen LogP contribution in [0.3, 0.4) is 0 Å². The first-order chi connectivity index (χ1) is 16.8. The number of rotatable bonds is 7. The van der Waals surface area contributed by atoms with Crippen LogP contribution in [0.4, 0.5) is 5.69 Å². The van der Waals surface area contributed by atoms with Crippen molar-refractivity contribution in [1.29, 1.82) is 0 Å². The topological polar surface area (TPSA) is 87.7 Å². The molecule has 0 bridgehead atoms. The minimum atomic E-state index is -0.653. The van der Waals surface area contributed by atoms with Gasteiger partial charge in [0.05, 0.1) is 19.7 Å². The highest BCUT2D eigenvalue weighted by atomic mass is 16.5. The average molecular weight is 474 g/mol. The van der Waals surface area contributed by atoms with Crippen molar-refractivity contribution in [3.05, 3.63) is 71.3 Å². The lowest BCUT2D eigenvalue weighted by Gasteiger charge is -2.28. The standard InChI is InChI=1S/C28H31N3O4/c1-17(29-3)27(33)30-24-14-12-19-8-5-6-11-25(19)31(28(24)34)16-23-21-10-7-9-20(18(2)32)22(21)13-15-26(23)35-4/h5-11,13,15,17,24,29H,12,14,16H2,1-4H3,(H,30,33). The van der Waals surface area contributed by atoms with E-state index in [1.807, 2.05) is 54.6 Å². The van der Waals surface area contributed by atoms with Crippen LogP contribution in [0, 0.1) is 0 Å². The molecule has 0 aromatic heterocycles. The van der Waals surface area contributed by atoms with Crippen molar-refractivity contribution in [2.24, 2.45) is 0 Å². The molecule has 7 nitrogen and oxygen atoms in total. The van der Waals surface area contributed by atoms with Gasteiger partial charge >= 0.3 is 0 Å². The van der Waals surface area contributed by atoms with E-state index in [2.05, 4.69) is 10.6 Å². The van der Waals surface area contributed by atoms with E-state index in [-0.39, 0.29) is 24.1 Å². The van der Waals surface area contributed by atoms with Gasteiger partial charge in [-0.15, -0.1) is 0 Å². The molecule has 2 unspecified atom stereocenters. The minimum Gasteiger partial charge on any atom is -0.496 e. The molecule has 1 heterocycles. The first-order valence-corrected chi connectivity index (χ1v) is 11.8. The predicted molar refractivity (Wildman–Crippen MR) is 137 cm³/mol. The summed E-state index contributed by atoms with van der Waals surface area (Å²) in [5, 5.41) is 7.53. The molecule has 0 radical (unpaired) electrons. The molecule has 2 amide bonds. The molecule has 0 aliphatic carbocycles. The van der Waals surface area contributed by atoms with Crippen molar-refractivity contribution in [2.45, 2.75) is 45.3 Å². The molecule has 4 rings (SSSR count). The van der Waals surface area contributed by atoms with Gasteiger partial charge in [-0.2, -0.15) is 0 Å². The monoisotopic (exact) mass is 473 g/mol. The van der Waals surface area contributed by atoms with Gasteiger partial charge in [0, 0.05) is 16.8 Å². The number of anilines is 1. The minimum absolute atomic E-state index is 0.0238. The number of aryl methyl sites for hydroxylation is 1. The number of carbonyl (C=O) groups is 3. The Kier molecular flexibility index (Phi) is 7.17. The number of nitrogens with zero attached hydrogens (tertiary/aromatic N) is 1. The SMILES string of the molecule is CNC(C)C(=O)NC1CCc2ccccc2N(Cc2c(OC)ccc3c(C(C)=O)cccc23)C1=O. The Hall–Kier alpha value is -3.71. The Morgan fingerprint density at radius 1 is 1.09 bits per heavy atom. The van der Waals surface area contributed by atoms with Gasteiger partial charge in [0.2, 0.25) is 11.8 Å². The van der Waals surface area contributed by atoms with E-state index in [1.54, 1.807) is 32.9 Å². The van der Waals surface area contributed by atoms with Crippen molar-refractivity contribution >= 4 is 34.1 Å². The quantitative estimate of drug-likeness (QED) is 0.512. The number of ketones is 1. The summed E-state index contributed by atoms with van der Waals surface area (Å²) in [7, 11) is 3.31. The summed E-state index contributed by atoms with van der Waals surface area (Å²) >= 11 is 0. The van der Waals surface area contributed by atoms with Crippen molar-refractivity contribution in [2.75, 3.05) is 19.1 Å². The fourth-order valence-corrected chi connectivity index (χ4v) is 4.66. The molecule has 0 fully saturated rings. The van der Waals surface area contributed by atoms with E-state index in [0.29, 0.717) is 24.2 Å². The second kappa shape index (κ2) is 10.3. The number of para-hydroxylation sites is 1. The van der Waals surface area contributed by atoms with E-state index in [0.717, 1.165) is 27.6 Å². The molecule has 2 atom stereocenters. The number of hydrogen-bond acceptors (Lipinski definition) is 5. The van der Waals surface area contributed by atoms with Crippen LogP contribution in [0.2, 0.25) is 0 Å². The zero-order valence-electron chi connectivity index (χ0n) is 20.6. The molecule has 2 N–H and O–H groups in total. The second-order valence-electron chi connectivity index (χ2n) is 8.87. The molecule has 35 heavy (non-hydrogen) atoms. The third-order valence-electron chi connectivity index (χ3n) is 6.74. The van der Waals surface area contributed by atoms with Crippen molar-refractivity contribution in [3.8, 4) is 5.75 Å². The lowest BCUT2D eigenvalue weighted by molar-refractivity contribution is -0.128. The van der Waals surface area contributed by atoms with Crippen LogP contribution in [0.25, 0.3) is 10.8 Å². The molecule has 0 saturated carbocycles. The van der Waals surface area contributed by atoms with Crippen LogP contribution in [0.1, 0.15) is 41.8 Å². The van der Waals surface area contributed by atoms with Crippen LogP contribution in [0.5, 0.6) is 5.75 Å². The lowest BCUT2D eigenvalue weighted by Crippen LogP contribution is -2.52. The van der Waals surface area contributed by atoms with Gasteiger partial charge in [0.25, 0.3) is 0 Å². The van der Waals surface area contributed by atoms with E-state index < -0.39 is 12.1 Å². The number of nitrogens with one attached hydrogen (secondary N) is 2. The van der Waals surface area contributed by atoms with E-state index in [4.69, 9.17) is 4.74 Å². The van der Waals surface area contributed by atoms with Crippen LogP contribution in [-0.4, -0.2) is 43.8 Å². The first kappa shape index (κ1) is 24.4. The highest BCUT2D eigenvalue weighted by Gasteiger charge is 2.33. The zero-order chi connectivity index (χ0) is 25.1.